The number of rotatable bonds is 7. The van der Waals surface area contributed by atoms with Crippen LogP contribution in [0.2, 0.25) is 0 Å². The van der Waals surface area contributed by atoms with E-state index in [0.717, 1.165) is 47.4 Å². The third kappa shape index (κ3) is 4.60. The number of pyridine rings is 2. The number of hydrogen-bond acceptors (Lipinski definition) is 7. The summed E-state index contributed by atoms with van der Waals surface area (Å²) < 4.78 is 16.0. The van der Waals surface area contributed by atoms with Crippen molar-refractivity contribution in [3.8, 4) is 12.1 Å². The maximum Gasteiger partial charge on any atom is 0.213 e. The summed E-state index contributed by atoms with van der Waals surface area (Å²) in [6.07, 6.45) is 7.47. The summed E-state index contributed by atoms with van der Waals surface area (Å²) in [4.78, 5) is 8.60. The van der Waals surface area contributed by atoms with Gasteiger partial charge in [-0.25, -0.2) is 9.67 Å². The van der Waals surface area contributed by atoms with Crippen LogP contribution in [0.3, 0.4) is 0 Å². The van der Waals surface area contributed by atoms with Gasteiger partial charge in [0.2, 0.25) is 5.95 Å². The molecule has 0 spiro atoms. The number of aromatic nitrogens is 5. The molecule has 0 aliphatic heterocycles. The van der Waals surface area contributed by atoms with Gasteiger partial charge < -0.3 is 5.32 Å². The van der Waals surface area contributed by atoms with Gasteiger partial charge in [-0.05, 0) is 80.2 Å². The molecule has 9 heteroatoms. The molecule has 1 N–H and O–H groups in total. The fourth-order valence-electron chi connectivity index (χ4n) is 6.14. The van der Waals surface area contributed by atoms with Crippen LogP contribution in [0.15, 0.2) is 36.7 Å². The number of nitrogens with one attached hydrogen (secondary N) is 1. The number of anilines is 1. The van der Waals surface area contributed by atoms with Crippen molar-refractivity contribution in [2.24, 2.45) is 11.3 Å². The predicted octanol–water partition coefficient (Wildman–Crippen LogP) is 6.14. The molecule has 2 atom stereocenters. The molecule has 3 fully saturated rings. The quantitative estimate of drug-likeness (QED) is 0.276. The van der Waals surface area contributed by atoms with E-state index in [2.05, 4.69) is 65.4 Å². The highest BCUT2D eigenvalue weighted by molar-refractivity contribution is 5.97. The summed E-state index contributed by atoms with van der Waals surface area (Å²) in [7, 11) is 0. The summed E-state index contributed by atoms with van der Waals surface area (Å²) in [5.41, 5.74) is 5.21. The Kier molecular flexibility index (Phi) is 6.30. The number of nitriles is 2. The van der Waals surface area contributed by atoms with E-state index in [4.69, 9.17) is 0 Å². The van der Waals surface area contributed by atoms with E-state index in [0.29, 0.717) is 34.4 Å². The Morgan fingerprint density at radius 3 is 2.49 bits per heavy atom. The lowest BCUT2D eigenvalue weighted by molar-refractivity contribution is -0.0989. The number of aryl methyl sites for hydroxylation is 1. The van der Waals surface area contributed by atoms with Gasteiger partial charge in [0.1, 0.15) is 12.1 Å². The second-order valence-electron chi connectivity index (χ2n) is 12.9. The maximum atomic E-state index is 14.0. The molecule has 0 radical (unpaired) electrons. The van der Waals surface area contributed by atoms with Gasteiger partial charge in [-0.3, -0.25) is 4.98 Å². The van der Waals surface area contributed by atoms with Crippen molar-refractivity contribution in [1.82, 2.24) is 25.0 Å². The Balaban J connectivity index is 1.46. The predicted molar refractivity (Wildman–Crippen MR) is 154 cm³/mol. The SMILES string of the molecule is Cc1nc(F)ccc1C(Cc1cc(C#N)c2ncc(C#N)c(NC(C)C(C)(C)C)c2c1)c1cn(C23CC(C2)C3)nn1. The Morgan fingerprint density at radius 1 is 1.15 bits per heavy atom. The van der Waals surface area contributed by atoms with E-state index >= 15 is 0 Å². The standard InChI is InChI=1S/C32H33FN8/c1-18-24(6-7-28(33)37-18)25(27-17-41(40-39-27)32-11-21(12-32)13-32)9-20-8-22(14-34)29-26(10-20)30(23(15-35)16-36-29)38-19(2)31(3,4)5/h6-8,10,16-17,19,21,25H,9,11-13H2,1-5H3,(H,36,38). The molecule has 7 rings (SSSR count). The smallest absolute Gasteiger partial charge is 0.213 e. The van der Waals surface area contributed by atoms with E-state index in [1.165, 1.54) is 12.3 Å². The molecular weight excluding hydrogens is 515 g/mol. The molecule has 3 saturated carbocycles. The van der Waals surface area contributed by atoms with Gasteiger partial charge in [-0.15, -0.1) is 5.10 Å². The lowest BCUT2D eigenvalue weighted by atomic mass is 9.50. The molecule has 0 saturated heterocycles. The third-order valence-corrected chi connectivity index (χ3v) is 9.20. The summed E-state index contributed by atoms with van der Waals surface area (Å²) in [5, 5.41) is 33.4. The normalized spacial score (nSPS) is 20.8. The maximum absolute atomic E-state index is 14.0. The van der Waals surface area contributed by atoms with Crippen LogP contribution in [0.1, 0.15) is 86.5 Å². The monoisotopic (exact) mass is 548 g/mol. The Labute approximate surface area is 239 Å². The molecule has 208 valence electrons. The van der Waals surface area contributed by atoms with Crippen molar-refractivity contribution in [2.45, 2.75) is 77.8 Å². The van der Waals surface area contributed by atoms with Gasteiger partial charge in [-0.1, -0.05) is 32.1 Å². The molecule has 3 aliphatic carbocycles. The highest BCUT2D eigenvalue weighted by Crippen LogP contribution is 2.62. The number of benzene rings is 1. The van der Waals surface area contributed by atoms with Crippen molar-refractivity contribution in [3.05, 3.63) is 76.2 Å². The number of nitrogens with zero attached hydrogens (tertiary/aromatic N) is 7. The zero-order valence-electron chi connectivity index (χ0n) is 24.0. The van der Waals surface area contributed by atoms with E-state index in [9.17, 15) is 14.9 Å². The van der Waals surface area contributed by atoms with Crippen LogP contribution in [-0.4, -0.2) is 31.0 Å². The summed E-state index contributed by atoms with van der Waals surface area (Å²) in [5.74, 6) is 0.0173. The lowest BCUT2D eigenvalue weighted by Crippen LogP contribution is -2.59. The van der Waals surface area contributed by atoms with Crippen molar-refractivity contribution in [3.63, 3.8) is 0 Å². The van der Waals surface area contributed by atoms with Gasteiger partial charge in [0.05, 0.1) is 33.6 Å². The minimum Gasteiger partial charge on any atom is -0.380 e. The van der Waals surface area contributed by atoms with Crippen LogP contribution in [0.5, 0.6) is 0 Å². The van der Waals surface area contributed by atoms with Gasteiger partial charge in [0, 0.05) is 35.4 Å². The van der Waals surface area contributed by atoms with Gasteiger partial charge in [0.15, 0.2) is 0 Å². The van der Waals surface area contributed by atoms with Crippen molar-refractivity contribution >= 4 is 16.6 Å². The Hall–Kier alpha value is -4.37. The van der Waals surface area contributed by atoms with E-state index in [1.807, 2.05) is 23.0 Å². The number of hydrogen-bond donors (Lipinski definition) is 1. The zero-order valence-corrected chi connectivity index (χ0v) is 24.0. The third-order valence-electron chi connectivity index (χ3n) is 9.20. The molecule has 2 unspecified atom stereocenters. The van der Waals surface area contributed by atoms with Crippen LogP contribution in [0.25, 0.3) is 10.9 Å². The first-order chi connectivity index (χ1) is 19.5. The Morgan fingerprint density at radius 2 is 1.88 bits per heavy atom. The number of halogens is 1. The summed E-state index contributed by atoms with van der Waals surface area (Å²) in [6, 6.07) is 11.6. The summed E-state index contributed by atoms with van der Waals surface area (Å²) in [6.45, 7) is 10.3. The second-order valence-corrected chi connectivity index (χ2v) is 12.9. The average molecular weight is 549 g/mol. The topological polar surface area (TPSA) is 116 Å². The molecule has 2 bridgehead atoms. The molecule has 41 heavy (non-hydrogen) atoms. The minimum atomic E-state index is -0.529. The molecule has 1 aromatic carbocycles. The molecule has 8 nitrogen and oxygen atoms in total. The van der Waals surface area contributed by atoms with Crippen LogP contribution in [0.4, 0.5) is 10.1 Å². The van der Waals surface area contributed by atoms with Crippen LogP contribution >= 0.6 is 0 Å². The first-order valence-electron chi connectivity index (χ1n) is 14.1. The molecular formula is C32H33FN8. The first kappa shape index (κ1) is 26.8. The second kappa shape index (κ2) is 9.62. The van der Waals surface area contributed by atoms with Crippen LogP contribution < -0.4 is 5.32 Å². The van der Waals surface area contributed by atoms with E-state index in [-0.39, 0.29) is 22.9 Å². The number of fused-ring (bicyclic) bond motifs is 1. The van der Waals surface area contributed by atoms with Crippen molar-refractivity contribution in [2.75, 3.05) is 5.32 Å². The van der Waals surface area contributed by atoms with Gasteiger partial charge in [-0.2, -0.15) is 14.9 Å². The van der Waals surface area contributed by atoms with Crippen LogP contribution in [0, 0.1) is 46.9 Å². The van der Waals surface area contributed by atoms with Crippen molar-refractivity contribution < 1.29 is 4.39 Å². The molecule has 3 aliphatic rings. The van der Waals surface area contributed by atoms with E-state index < -0.39 is 5.95 Å². The highest BCUT2D eigenvalue weighted by atomic mass is 19.1. The van der Waals surface area contributed by atoms with Crippen LogP contribution in [-0.2, 0) is 12.0 Å². The van der Waals surface area contributed by atoms with Crippen molar-refractivity contribution in [1.29, 1.82) is 10.5 Å². The largest absolute Gasteiger partial charge is 0.380 e. The van der Waals surface area contributed by atoms with Gasteiger partial charge >= 0.3 is 0 Å². The fraction of sp³-hybridized carbons (Fsp3) is 0.438. The first-order valence-corrected chi connectivity index (χ1v) is 14.1. The van der Waals surface area contributed by atoms with Gasteiger partial charge in [0.25, 0.3) is 0 Å². The lowest BCUT2D eigenvalue weighted by Gasteiger charge is -2.61. The minimum absolute atomic E-state index is 0.0436. The Bertz CT molecular complexity index is 1740. The fourth-order valence-corrected chi connectivity index (χ4v) is 6.14. The van der Waals surface area contributed by atoms with E-state index in [1.54, 1.807) is 13.0 Å². The zero-order chi connectivity index (χ0) is 29.1. The molecule has 0 amide bonds. The molecule has 4 aromatic rings. The molecule has 3 aromatic heterocycles. The highest BCUT2D eigenvalue weighted by Gasteiger charge is 2.58. The average Bonchev–Trinajstić information content (AvgIpc) is 3.34. The summed E-state index contributed by atoms with van der Waals surface area (Å²) >= 11 is 0. The molecule has 3 heterocycles.